The summed E-state index contributed by atoms with van der Waals surface area (Å²) in [4.78, 5) is 40.9. The second-order valence-electron chi connectivity index (χ2n) is 10.9. The first-order valence-electron chi connectivity index (χ1n) is 12.9. The van der Waals surface area contributed by atoms with Gasteiger partial charge in [0.2, 0.25) is 5.91 Å². The lowest BCUT2D eigenvalue weighted by Gasteiger charge is -2.36. The molecule has 0 spiro atoms. The molecule has 202 valence electrons. The molecule has 1 atom stereocenters. The molecule has 1 aromatic heterocycles. The lowest BCUT2D eigenvalue weighted by molar-refractivity contribution is -0.150. The molecule has 4 rings (SSSR count). The fraction of sp³-hybridized carbons (Fsp3) is 0.593. The number of halogens is 1. The van der Waals surface area contributed by atoms with E-state index in [2.05, 4.69) is 16.0 Å². The van der Waals surface area contributed by atoms with E-state index in [4.69, 9.17) is 21.1 Å². The number of rotatable bonds is 7. The smallest absolute Gasteiger partial charge is 0.410 e. The Morgan fingerprint density at radius 2 is 1.97 bits per heavy atom. The minimum absolute atomic E-state index is 0.0688. The molecule has 2 fully saturated rings. The van der Waals surface area contributed by atoms with Crippen molar-refractivity contribution in [3.05, 3.63) is 34.5 Å². The van der Waals surface area contributed by atoms with E-state index in [1.807, 2.05) is 44.9 Å². The van der Waals surface area contributed by atoms with Gasteiger partial charge >= 0.3 is 6.09 Å². The molecule has 1 saturated carbocycles. The first kappa shape index (κ1) is 27.3. The molecule has 1 aliphatic heterocycles. The zero-order chi connectivity index (χ0) is 26.9. The van der Waals surface area contributed by atoms with E-state index in [1.54, 1.807) is 4.90 Å². The maximum atomic E-state index is 13.6. The molecule has 2 aromatic rings. The summed E-state index contributed by atoms with van der Waals surface area (Å²) in [5.41, 5.74) is 2.35. The Hall–Kier alpha value is -2.78. The highest BCUT2D eigenvalue weighted by atomic mass is 35.5. The van der Waals surface area contributed by atoms with Gasteiger partial charge in [0.15, 0.2) is 6.10 Å². The van der Waals surface area contributed by atoms with Crippen LogP contribution >= 0.6 is 11.6 Å². The summed E-state index contributed by atoms with van der Waals surface area (Å²) < 4.78 is 13.4. The second kappa shape index (κ2) is 10.9. The summed E-state index contributed by atoms with van der Waals surface area (Å²) in [6, 6.07) is 4.14. The Kier molecular flexibility index (Phi) is 8.04. The number of hydrogen-bond acceptors (Lipinski definition) is 5. The quantitative estimate of drug-likeness (QED) is 0.584. The normalized spacial score (nSPS) is 18.1. The number of fused-ring (bicyclic) bond motifs is 1. The van der Waals surface area contributed by atoms with Gasteiger partial charge in [0.1, 0.15) is 5.60 Å². The van der Waals surface area contributed by atoms with Crippen molar-refractivity contribution in [2.24, 2.45) is 0 Å². The van der Waals surface area contributed by atoms with Gasteiger partial charge in [0.05, 0.1) is 23.7 Å². The second-order valence-corrected chi connectivity index (χ2v) is 11.4. The van der Waals surface area contributed by atoms with E-state index >= 15 is 0 Å². The summed E-state index contributed by atoms with van der Waals surface area (Å²) in [5, 5.41) is 4.44. The molecule has 2 heterocycles. The number of carbonyl (C=O) groups is 3. The summed E-state index contributed by atoms with van der Waals surface area (Å²) in [6.07, 6.45) is 2.75. The molecule has 1 saturated heterocycles. The first-order chi connectivity index (χ1) is 17.4. The molecule has 1 aliphatic carbocycles. The third-order valence-corrected chi connectivity index (χ3v) is 6.82. The van der Waals surface area contributed by atoms with Gasteiger partial charge in [-0.2, -0.15) is 0 Å². The topological polar surface area (TPSA) is 93.1 Å². The fourth-order valence-corrected chi connectivity index (χ4v) is 5.09. The van der Waals surface area contributed by atoms with E-state index in [-0.39, 0.29) is 31.0 Å². The maximum Gasteiger partial charge on any atom is 0.410 e. The van der Waals surface area contributed by atoms with Crippen LogP contribution in [0.25, 0.3) is 10.9 Å². The number of aryl methyl sites for hydroxylation is 1. The Labute approximate surface area is 223 Å². The lowest BCUT2D eigenvalue weighted by atomic mass is 10.1. The largest absolute Gasteiger partial charge is 0.444 e. The van der Waals surface area contributed by atoms with Gasteiger partial charge in [-0.25, -0.2) is 4.79 Å². The van der Waals surface area contributed by atoms with Crippen molar-refractivity contribution in [1.82, 2.24) is 19.7 Å². The van der Waals surface area contributed by atoms with E-state index in [1.165, 1.54) is 6.92 Å². The average molecular weight is 533 g/mol. The van der Waals surface area contributed by atoms with E-state index in [0.29, 0.717) is 31.2 Å². The van der Waals surface area contributed by atoms with Crippen LogP contribution in [0, 0.1) is 6.92 Å². The first-order valence-corrected chi connectivity index (χ1v) is 13.2. The summed E-state index contributed by atoms with van der Waals surface area (Å²) >= 11 is 6.71. The minimum Gasteiger partial charge on any atom is -0.444 e. The maximum absolute atomic E-state index is 13.6. The predicted molar refractivity (Wildman–Crippen MR) is 141 cm³/mol. The molecule has 9 nitrogen and oxygen atoms in total. The van der Waals surface area contributed by atoms with Crippen LogP contribution in [-0.4, -0.2) is 76.3 Å². The zero-order valence-electron chi connectivity index (χ0n) is 22.3. The number of nitrogens with one attached hydrogen (secondary N) is 1. The summed E-state index contributed by atoms with van der Waals surface area (Å²) in [6.45, 7) is 11.4. The highest BCUT2D eigenvalue weighted by Crippen LogP contribution is 2.34. The number of nitrogens with zero attached hydrogens (tertiary/aromatic N) is 3. The van der Waals surface area contributed by atoms with E-state index in [0.717, 1.165) is 34.9 Å². The van der Waals surface area contributed by atoms with Crippen LogP contribution in [0.3, 0.4) is 0 Å². The van der Waals surface area contributed by atoms with Crippen LogP contribution < -0.4 is 5.32 Å². The highest BCUT2D eigenvalue weighted by molar-refractivity contribution is 6.35. The average Bonchev–Trinajstić information content (AvgIpc) is 3.60. The number of amides is 3. The highest BCUT2D eigenvalue weighted by Gasteiger charge is 2.39. The van der Waals surface area contributed by atoms with Crippen LogP contribution in [0.1, 0.15) is 51.7 Å². The van der Waals surface area contributed by atoms with Gasteiger partial charge in [-0.05, 0) is 63.8 Å². The Morgan fingerprint density at radius 3 is 2.62 bits per heavy atom. The Morgan fingerprint density at radius 1 is 1.24 bits per heavy atom. The monoisotopic (exact) mass is 532 g/mol. The molecular formula is C27H37ClN4O5. The Bertz CT molecular complexity index is 1180. The number of carbonyl (C=O) groups excluding carboxylic acids is 3. The van der Waals surface area contributed by atoms with Crippen LogP contribution in [-0.2, 0) is 32.2 Å². The molecule has 2 aliphatic rings. The van der Waals surface area contributed by atoms with Crippen LogP contribution in [0.2, 0.25) is 5.02 Å². The van der Waals surface area contributed by atoms with Gasteiger partial charge in [-0.1, -0.05) is 11.6 Å². The van der Waals surface area contributed by atoms with Crippen LogP contribution in [0.15, 0.2) is 18.3 Å². The Balaban J connectivity index is 1.51. The minimum atomic E-state index is -0.732. The molecule has 0 bridgehead atoms. The molecule has 0 radical (unpaired) electrons. The SMILES string of the molecule is CC(=O)NCCn1cc(C)c2c(Cl)cc(CN(C(=O)[C@H]3CN(C(=O)OC(C)(C)C)CCO3)C3CC3)cc21. The predicted octanol–water partition coefficient (Wildman–Crippen LogP) is 3.87. The number of hydrogen-bond donors (Lipinski definition) is 1. The van der Waals surface area contributed by atoms with Crippen molar-refractivity contribution < 1.29 is 23.9 Å². The molecule has 1 N–H and O–H groups in total. The van der Waals surface area contributed by atoms with Crippen molar-refractivity contribution in [1.29, 1.82) is 0 Å². The van der Waals surface area contributed by atoms with E-state index < -0.39 is 17.8 Å². The number of morpholine rings is 1. The van der Waals surface area contributed by atoms with Crippen molar-refractivity contribution in [3.63, 3.8) is 0 Å². The van der Waals surface area contributed by atoms with Gasteiger partial charge < -0.3 is 29.2 Å². The van der Waals surface area contributed by atoms with Crippen molar-refractivity contribution in [2.75, 3.05) is 26.2 Å². The van der Waals surface area contributed by atoms with E-state index in [9.17, 15) is 14.4 Å². The molecule has 37 heavy (non-hydrogen) atoms. The molecule has 0 unspecified atom stereocenters. The van der Waals surface area contributed by atoms with Gasteiger partial charge in [0, 0.05) is 50.7 Å². The van der Waals surface area contributed by atoms with Gasteiger partial charge in [-0.15, -0.1) is 0 Å². The van der Waals surface area contributed by atoms with Crippen molar-refractivity contribution in [2.45, 2.75) is 78.3 Å². The number of benzene rings is 1. The molecule has 1 aromatic carbocycles. The third kappa shape index (κ3) is 6.76. The fourth-order valence-electron chi connectivity index (χ4n) is 4.71. The van der Waals surface area contributed by atoms with Crippen molar-refractivity contribution >= 4 is 40.4 Å². The standard InChI is InChI=1S/C27H37ClN4O5/c1-17-14-30(9-8-29-18(2)33)22-13-19(12-21(28)24(17)22)15-32(20-6-7-20)25(34)23-16-31(10-11-36-23)26(35)37-27(3,4)5/h12-14,20,23H,6-11,15-16H2,1-5H3,(H,29,33)/t23-/m1/s1. The summed E-state index contributed by atoms with van der Waals surface area (Å²) in [7, 11) is 0. The van der Waals surface area contributed by atoms with Gasteiger partial charge in [0.25, 0.3) is 5.91 Å². The van der Waals surface area contributed by atoms with Crippen LogP contribution in [0.5, 0.6) is 0 Å². The lowest BCUT2D eigenvalue weighted by Crippen LogP contribution is -2.53. The number of ether oxygens (including phenoxy) is 2. The molecule has 10 heteroatoms. The molecule has 3 amide bonds. The van der Waals surface area contributed by atoms with Gasteiger partial charge in [-0.3, -0.25) is 9.59 Å². The molecular weight excluding hydrogens is 496 g/mol. The third-order valence-electron chi connectivity index (χ3n) is 6.53. The van der Waals surface area contributed by atoms with Crippen LogP contribution in [0.4, 0.5) is 4.79 Å². The van der Waals surface area contributed by atoms with Crippen molar-refractivity contribution in [3.8, 4) is 0 Å². The summed E-state index contributed by atoms with van der Waals surface area (Å²) in [5.74, 6) is -0.190. The number of aromatic nitrogens is 1. The zero-order valence-corrected chi connectivity index (χ0v) is 23.1.